The van der Waals surface area contributed by atoms with Crippen molar-refractivity contribution in [2.45, 2.75) is 19.6 Å². The molecule has 0 amide bonds. The average Bonchev–Trinajstić information content (AvgIpc) is 2.93. The predicted molar refractivity (Wildman–Crippen MR) is 151 cm³/mol. The maximum Gasteiger partial charge on any atom is 0.416 e. The van der Waals surface area contributed by atoms with Gasteiger partial charge in [0.15, 0.2) is 0 Å². The third-order valence-corrected chi connectivity index (χ3v) is 6.74. The number of piperazine rings is 1. The van der Waals surface area contributed by atoms with Crippen LogP contribution < -0.4 is 10.6 Å². The SMILES string of the molecule is CCNc1ncnc(NC)c1C(=N)C#Cc1cc(-c2ccc(CN3CCN(C)CC3)c(C(F)(F)F)c2)ccc1O. The highest BCUT2D eigenvalue weighted by Crippen LogP contribution is 2.36. The molecule has 40 heavy (non-hydrogen) atoms. The Morgan fingerprint density at radius 2 is 1.73 bits per heavy atom. The Hall–Kier alpha value is -4.14. The summed E-state index contributed by atoms with van der Waals surface area (Å²) in [6.07, 6.45) is -3.14. The molecule has 0 unspecified atom stereocenters. The van der Waals surface area contributed by atoms with Crippen molar-refractivity contribution in [1.29, 1.82) is 5.41 Å². The second-order valence-corrected chi connectivity index (χ2v) is 9.53. The van der Waals surface area contributed by atoms with Crippen LogP contribution in [0.15, 0.2) is 42.7 Å². The van der Waals surface area contributed by atoms with Crippen molar-refractivity contribution >= 4 is 17.3 Å². The maximum absolute atomic E-state index is 14.1. The molecule has 1 aliphatic heterocycles. The zero-order valence-electron chi connectivity index (χ0n) is 22.7. The molecule has 0 saturated carbocycles. The van der Waals surface area contributed by atoms with Gasteiger partial charge < -0.3 is 20.6 Å². The fourth-order valence-corrected chi connectivity index (χ4v) is 4.53. The molecule has 1 aliphatic rings. The standard InChI is InChI=1S/C29H32F3N7O/c1-4-35-28-26(27(34-2)36-18-37-28)24(33)9-7-21-15-19(8-10-25(21)40)20-5-6-22(23(16-20)29(30,31)32)17-39-13-11-38(3)12-14-39/h5-6,8,10,15-16,18,33,40H,4,11-14,17H2,1-3H3,(H2,34,35,36,37). The molecular formula is C29H32F3N7O. The van der Waals surface area contributed by atoms with E-state index in [2.05, 4.69) is 37.3 Å². The number of anilines is 2. The number of rotatable bonds is 7. The van der Waals surface area contributed by atoms with Gasteiger partial charge in [0.1, 0.15) is 29.4 Å². The largest absolute Gasteiger partial charge is 0.507 e. The van der Waals surface area contributed by atoms with E-state index in [1.807, 2.05) is 18.9 Å². The fourth-order valence-electron chi connectivity index (χ4n) is 4.53. The summed E-state index contributed by atoms with van der Waals surface area (Å²) in [5.74, 6) is 6.23. The molecule has 8 nitrogen and oxygen atoms in total. The number of alkyl halides is 3. The number of hydrogen-bond acceptors (Lipinski definition) is 8. The van der Waals surface area contributed by atoms with Crippen molar-refractivity contribution in [2.75, 3.05) is 57.5 Å². The Labute approximate surface area is 231 Å². The van der Waals surface area contributed by atoms with Gasteiger partial charge in [-0.3, -0.25) is 10.3 Å². The minimum Gasteiger partial charge on any atom is -0.507 e. The molecule has 0 atom stereocenters. The van der Waals surface area contributed by atoms with Gasteiger partial charge in [-0.25, -0.2) is 9.97 Å². The van der Waals surface area contributed by atoms with E-state index in [9.17, 15) is 18.3 Å². The lowest BCUT2D eigenvalue weighted by Gasteiger charge is -2.33. The molecule has 4 rings (SSSR count). The summed E-state index contributed by atoms with van der Waals surface area (Å²) in [5.41, 5.74) is 0.860. The van der Waals surface area contributed by atoms with Crippen molar-refractivity contribution < 1.29 is 18.3 Å². The quantitative estimate of drug-likeness (QED) is 0.253. The molecule has 3 aromatic rings. The molecule has 4 N–H and O–H groups in total. The van der Waals surface area contributed by atoms with E-state index in [1.165, 1.54) is 24.5 Å². The zero-order chi connectivity index (χ0) is 28.9. The van der Waals surface area contributed by atoms with E-state index in [0.717, 1.165) is 19.2 Å². The van der Waals surface area contributed by atoms with E-state index in [-0.39, 0.29) is 29.1 Å². The number of aromatic nitrogens is 2. The second kappa shape index (κ2) is 12.4. The van der Waals surface area contributed by atoms with Crippen LogP contribution in [0.4, 0.5) is 24.8 Å². The number of nitrogens with zero attached hydrogens (tertiary/aromatic N) is 4. The molecule has 0 aliphatic carbocycles. The van der Waals surface area contributed by atoms with Gasteiger partial charge in [-0.1, -0.05) is 24.1 Å². The van der Waals surface area contributed by atoms with Gasteiger partial charge in [0.25, 0.3) is 0 Å². The topological polar surface area (TPSA) is 100 Å². The number of benzene rings is 2. The van der Waals surface area contributed by atoms with Gasteiger partial charge in [-0.05, 0) is 54.8 Å². The number of hydrogen-bond donors (Lipinski definition) is 4. The van der Waals surface area contributed by atoms with Crippen molar-refractivity contribution in [1.82, 2.24) is 19.8 Å². The smallest absolute Gasteiger partial charge is 0.416 e. The van der Waals surface area contributed by atoms with Crippen molar-refractivity contribution in [3.8, 4) is 28.7 Å². The second-order valence-electron chi connectivity index (χ2n) is 9.53. The molecule has 0 bridgehead atoms. The van der Waals surface area contributed by atoms with Gasteiger partial charge >= 0.3 is 6.18 Å². The molecule has 2 aromatic carbocycles. The van der Waals surface area contributed by atoms with E-state index >= 15 is 0 Å². The van der Waals surface area contributed by atoms with Crippen LogP contribution in [-0.2, 0) is 12.7 Å². The lowest BCUT2D eigenvalue weighted by molar-refractivity contribution is -0.138. The minimum atomic E-state index is -4.51. The van der Waals surface area contributed by atoms with E-state index in [1.54, 1.807) is 19.2 Å². The Morgan fingerprint density at radius 1 is 1.05 bits per heavy atom. The van der Waals surface area contributed by atoms with Crippen molar-refractivity contribution in [2.24, 2.45) is 0 Å². The number of nitrogens with one attached hydrogen (secondary N) is 3. The van der Waals surface area contributed by atoms with Gasteiger partial charge in [0, 0.05) is 46.3 Å². The Bertz CT molecular complexity index is 1440. The summed E-state index contributed by atoms with van der Waals surface area (Å²) in [4.78, 5) is 12.5. The number of phenolic OH excluding ortho intramolecular Hbond substituents is 1. The number of aromatic hydroxyl groups is 1. The van der Waals surface area contributed by atoms with Crippen LogP contribution in [0.3, 0.4) is 0 Å². The summed E-state index contributed by atoms with van der Waals surface area (Å²) in [5, 5.41) is 24.9. The average molecular weight is 552 g/mol. The summed E-state index contributed by atoms with van der Waals surface area (Å²) in [6, 6.07) is 8.81. The maximum atomic E-state index is 14.1. The third-order valence-electron chi connectivity index (χ3n) is 6.74. The molecule has 1 fully saturated rings. The molecule has 210 valence electrons. The van der Waals surface area contributed by atoms with E-state index in [4.69, 9.17) is 5.41 Å². The van der Waals surface area contributed by atoms with Crippen LogP contribution in [0.1, 0.15) is 29.2 Å². The number of halogens is 3. The van der Waals surface area contributed by atoms with Crippen molar-refractivity contribution in [3.63, 3.8) is 0 Å². The third kappa shape index (κ3) is 6.70. The first-order valence-corrected chi connectivity index (χ1v) is 12.9. The van der Waals surface area contributed by atoms with Crippen molar-refractivity contribution in [3.05, 3.63) is 65.0 Å². The zero-order valence-corrected chi connectivity index (χ0v) is 22.7. The van der Waals surface area contributed by atoms with Crippen LogP contribution >= 0.6 is 0 Å². The Kier molecular flexibility index (Phi) is 8.92. The van der Waals surface area contributed by atoms with Gasteiger partial charge in [-0.15, -0.1) is 0 Å². The Morgan fingerprint density at radius 3 is 2.40 bits per heavy atom. The summed E-state index contributed by atoms with van der Waals surface area (Å²) < 4.78 is 42.3. The van der Waals surface area contributed by atoms with E-state index in [0.29, 0.717) is 48.0 Å². The first-order valence-electron chi connectivity index (χ1n) is 12.9. The van der Waals surface area contributed by atoms with Gasteiger partial charge in [0.05, 0.1) is 16.7 Å². The van der Waals surface area contributed by atoms with Gasteiger partial charge in [0.2, 0.25) is 0 Å². The highest BCUT2D eigenvalue weighted by atomic mass is 19.4. The molecule has 2 heterocycles. The first kappa shape index (κ1) is 28.9. The molecule has 0 spiro atoms. The first-order chi connectivity index (χ1) is 19.1. The highest BCUT2D eigenvalue weighted by Gasteiger charge is 2.34. The highest BCUT2D eigenvalue weighted by molar-refractivity contribution is 6.16. The van der Waals surface area contributed by atoms with Crippen LogP contribution in [0.25, 0.3) is 11.1 Å². The predicted octanol–water partition coefficient (Wildman–Crippen LogP) is 4.51. The monoisotopic (exact) mass is 551 g/mol. The van der Waals surface area contributed by atoms with Gasteiger partial charge in [-0.2, -0.15) is 13.2 Å². The lowest BCUT2D eigenvalue weighted by Crippen LogP contribution is -2.44. The number of likely N-dealkylation sites (N-methyl/N-ethyl adjacent to an activating group) is 1. The summed E-state index contributed by atoms with van der Waals surface area (Å²) >= 11 is 0. The molecular weight excluding hydrogens is 519 g/mol. The molecule has 11 heteroatoms. The molecule has 1 aromatic heterocycles. The Balaban J connectivity index is 1.65. The minimum absolute atomic E-state index is 0.0849. The lowest BCUT2D eigenvalue weighted by atomic mass is 9.96. The van der Waals surface area contributed by atoms with Crippen LogP contribution in [0.2, 0.25) is 0 Å². The van der Waals surface area contributed by atoms with E-state index < -0.39 is 11.7 Å². The molecule has 1 saturated heterocycles. The fraction of sp³-hybridized carbons (Fsp3) is 0.345. The van der Waals surface area contributed by atoms with Crippen LogP contribution in [-0.4, -0.2) is 77.4 Å². The van der Waals surface area contributed by atoms with Crippen LogP contribution in [0.5, 0.6) is 5.75 Å². The molecule has 0 radical (unpaired) electrons. The number of phenols is 1. The normalized spacial score (nSPS) is 14.3. The summed E-state index contributed by atoms with van der Waals surface area (Å²) in [7, 11) is 3.67. The van der Waals surface area contributed by atoms with Crippen LogP contribution in [0, 0.1) is 17.3 Å². The summed E-state index contributed by atoms with van der Waals surface area (Å²) in [6.45, 7) is 5.76.